The van der Waals surface area contributed by atoms with E-state index in [1.807, 2.05) is 0 Å². The van der Waals surface area contributed by atoms with E-state index < -0.39 is 30.1 Å². The average molecular weight is 503 g/mol. The van der Waals surface area contributed by atoms with Crippen molar-refractivity contribution < 1.29 is 31.5 Å². The molecule has 3 aromatic heterocycles. The van der Waals surface area contributed by atoms with E-state index in [-0.39, 0.29) is 48.7 Å². The Kier molecular flexibility index (Phi) is 6.75. The minimum absolute atomic E-state index is 0.000899. The fourth-order valence-corrected chi connectivity index (χ4v) is 3.31. The number of carbonyl (C=O) groups excluding carboxylic acids is 1. The highest BCUT2D eigenvalue weighted by Gasteiger charge is 2.41. The van der Waals surface area contributed by atoms with Crippen molar-refractivity contribution in [1.29, 1.82) is 0 Å². The van der Waals surface area contributed by atoms with Crippen LogP contribution in [0.4, 0.5) is 29.4 Å². The first kappa shape index (κ1) is 24.0. The molecule has 14 heteroatoms. The summed E-state index contributed by atoms with van der Waals surface area (Å²) in [6.45, 7) is 1.51. The quantitative estimate of drug-likeness (QED) is 0.274. The SMILES string of the molecule is CC(OC1CN(c2ncc(C(=O)NCCNc3nc4nc(Cl)ccc4o3)cc2F)C1)C(F)(F)F. The second-order valence-corrected chi connectivity index (χ2v) is 7.92. The van der Waals surface area contributed by atoms with Crippen molar-refractivity contribution in [1.82, 2.24) is 20.3 Å². The molecule has 0 radical (unpaired) electrons. The van der Waals surface area contributed by atoms with Crippen LogP contribution in [0.25, 0.3) is 11.2 Å². The van der Waals surface area contributed by atoms with Crippen LogP contribution in [-0.2, 0) is 4.74 Å². The van der Waals surface area contributed by atoms with Gasteiger partial charge in [0.15, 0.2) is 23.3 Å². The number of anilines is 2. The Hall–Kier alpha value is -3.19. The van der Waals surface area contributed by atoms with Crippen LogP contribution >= 0.6 is 11.6 Å². The lowest BCUT2D eigenvalue weighted by Gasteiger charge is -2.41. The first-order valence-electron chi connectivity index (χ1n) is 10.2. The van der Waals surface area contributed by atoms with Gasteiger partial charge in [-0.25, -0.2) is 14.4 Å². The lowest BCUT2D eigenvalue weighted by atomic mass is 10.1. The predicted octanol–water partition coefficient (Wildman–Crippen LogP) is 3.41. The number of aromatic nitrogens is 3. The largest absolute Gasteiger partial charge is 0.422 e. The van der Waals surface area contributed by atoms with Gasteiger partial charge in [0, 0.05) is 32.4 Å². The van der Waals surface area contributed by atoms with Gasteiger partial charge in [0.1, 0.15) is 5.15 Å². The first-order chi connectivity index (χ1) is 16.1. The number of ether oxygens (including phenoxy) is 1. The van der Waals surface area contributed by atoms with Gasteiger partial charge in [0.05, 0.1) is 11.7 Å². The lowest BCUT2D eigenvalue weighted by Crippen LogP contribution is -2.55. The molecule has 1 saturated heterocycles. The van der Waals surface area contributed by atoms with E-state index in [1.165, 1.54) is 11.1 Å². The molecule has 1 fully saturated rings. The normalized spacial score (nSPS) is 15.3. The van der Waals surface area contributed by atoms with E-state index in [0.717, 1.165) is 13.0 Å². The molecule has 0 spiro atoms. The molecule has 1 amide bonds. The van der Waals surface area contributed by atoms with E-state index in [4.69, 9.17) is 20.8 Å². The fraction of sp³-hybridized carbons (Fsp3) is 0.400. The summed E-state index contributed by atoms with van der Waals surface area (Å²) < 4.78 is 62.5. The number of rotatable bonds is 8. The van der Waals surface area contributed by atoms with E-state index in [0.29, 0.717) is 11.2 Å². The highest BCUT2D eigenvalue weighted by atomic mass is 35.5. The molecule has 34 heavy (non-hydrogen) atoms. The molecule has 1 atom stereocenters. The van der Waals surface area contributed by atoms with Crippen molar-refractivity contribution in [2.45, 2.75) is 25.3 Å². The Balaban J connectivity index is 1.23. The van der Waals surface area contributed by atoms with Gasteiger partial charge >= 0.3 is 6.18 Å². The molecular formula is C20H19ClF4N6O3. The molecule has 1 unspecified atom stereocenters. The second kappa shape index (κ2) is 9.58. The van der Waals surface area contributed by atoms with Crippen LogP contribution < -0.4 is 15.5 Å². The number of oxazole rings is 1. The van der Waals surface area contributed by atoms with Crippen molar-refractivity contribution in [3.8, 4) is 0 Å². The number of halogens is 5. The topological polar surface area (TPSA) is 105 Å². The Morgan fingerprint density at radius 3 is 2.79 bits per heavy atom. The summed E-state index contributed by atoms with van der Waals surface area (Å²) in [5.41, 5.74) is 0.795. The van der Waals surface area contributed by atoms with Gasteiger partial charge in [-0.15, -0.1) is 0 Å². The highest BCUT2D eigenvalue weighted by molar-refractivity contribution is 6.29. The maximum Gasteiger partial charge on any atom is 0.414 e. The van der Waals surface area contributed by atoms with Crippen molar-refractivity contribution in [3.63, 3.8) is 0 Å². The van der Waals surface area contributed by atoms with Crippen molar-refractivity contribution >= 4 is 40.6 Å². The zero-order valence-electron chi connectivity index (χ0n) is 17.7. The van der Waals surface area contributed by atoms with Crippen LogP contribution in [0, 0.1) is 5.82 Å². The van der Waals surface area contributed by atoms with Gasteiger partial charge < -0.3 is 24.7 Å². The Bertz CT molecular complexity index is 1180. The second-order valence-electron chi connectivity index (χ2n) is 7.53. The summed E-state index contributed by atoms with van der Waals surface area (Å²) >= 11 is 5.80. The number of hydrogen-bond donors (Lipinski definition) is 2. The standard InChI is InChI=1S/C20H19ClF4N6O3/c1-10(20(23,24)25)33-12-8-31(9-12)17-13(22)6-11(7-28-17)18(32)26-4-5-27-19-30-16-14(34-19)2-3-15(21)29-16/h2-3,6-7,10,12H,4-5,8-9H2,1H3,(H,26,32)(H,27,29,30). The monoisotopic (exact) mass is 502 g/mol. The lowest BCUT2D eigenvalue weighted by molar-refractivity contribution is -0.228. The third-order valence-electron chi connectivity index (χ3n) is 5.00. The van der Waals surface area contributed by atoms with E-state index >= 15 is 0 Å². The third-order valence-corrected chi connectivity index (χ3v) is 5.21. The zero-order chi connectivity index (χ0) is 24.5. The summed E-state index contributed by atoms with van der Waals surface area (Å²) in [4.78, 5) is 25.8. The molecule has 182 valence electrons. The average Bonchev–Trinajstić information content (AvgIpc) is 3.14. The Morgan fingerprint density at radius 1 is 1.32 bits per heavy atom. The Morgan fingerprint density at radius 2 is 2.09 bits per heavy atom. The first-order valence-corrected chi connectivity index (χ1v) is 10.6. The predicted molar refractivity (Wildman–Crippen MR) is 114 cm³/mol. The number of amides is 1. The van der Waals surface area contributed by atoms with E-state index in [9.17, 15) is 22.4 Å². The maximum absolute atomic E-state index is 14.4. The van der Waals surface area contributed by atoms with Crippen molar-refractivity contribution in [3.05, 3.63) is 40.9 Å². The number of hydrogen-bond acceptors (Lipinski definition) is 8. The summed E-state index contributed by atoms with van der Waals surface area (Å²) in [5, 5.41) is 5.77. The van der Waals surface area contributed by atoms with Crippen LogP contribution in [0.3, 0.4) is 0 Å². The molecule has 9 nitrogen and oxygen atoms in total. The summed E-state index contributed by atoms with van der Waals surface area (Å²) in [6.07, 6.45) is -5.84. The van der Waals surface area contributed by atoms with Crippen LogP contribution in [0.1, 0.15) is 17.3 Å². The van der Waals surface area contributed by atoms with Crippen LogP contribution in [0.2, 0.25) is 5.15 Å². The molecule has 3 aromatic rings. The number of pyridine rings is 2. The molecule has 0 aliphatic carbocycles. The molecule has 1 aliphatic rings. The fourth-order valence-electron chi connectivity index (χ4n) is 3.17. The number of fused-ring (bicyclic) bond motifs is 1. The van der Waals surface area contributed by atoms with Gasteiger partial charge in [0.2, 0.25) is 5.65 Å². The maximum atomic E-state index is 14.4. The smallest absolute Gasteiger partial charge is 0.414 e. The van der Waals surface area contributed by atoms with E-state index in [2.05, 4.69) is 25.6 Å². The molecule has 0 saturated carbocycles. The van der Waals surface area contributed by atoms with Gasteiger partial charge in [-0.1, -0.05) is 11.6 Å². The summed E-state index contributed by atoms with van der Waals surface area (Å²) in [5.74, 6) is -1.36. The molecule has 4 heterocycles. The van der Waals surface area contributed by atoms with Crippen molar-refractivity contribution in [2.24, 2.45) is 0 Å². The minimum Gasteiger partial charge on any atom is -0.422 e. The summed E-state index contributed by atoms with van der Waals surface area (Å²) in [7, 11) is 0. The number of carbonyl (C=O) groups is 1. The molecule has 0 bridgehead atoms. The highest BCUT2D eigenvalue weighted by Crippen LogP contribution is 2.28. The molecule has 1 aliphatic heterocycles. The number of alkyl halides is 3. The van der Waals surface area contributed by atoms with Crippen molar-refractivity contribution in [2.75, 3.05) is 36.4 Å². The Labute approximate surface area is 195 Å². The zero-order valence-corrected chi connectivity index (χ0v) is 18.5. The van der Waals surface area contributed by atoms with Gasteiger partial charge in [-0.2, -0.15) is 18.2 Å². The number of nitrogens with zero attached hydrogens (tertiary/aromatic N) is 4. The van der Waals surface area contributed by atoms with Gasteiger partial charge in [-0.05, 0) is 25.1 Å². The third kappa shape index (κ3) is 5.47. The number of nitrogens with one attached hydrogen (secondary N) is 2. The van der Waals surface area contributed by atoms with Crippen LogP contribution in [-0.4, -0.2) is 65.4 Å². The van der Waals surface area contributed by atoms with Crippen LogP contribution in [0.5, 0.6) is 0 Å². The molecule has 0 aromatic carbocycles. The summed E-state index contributed by atoms with van der Waals surface area (Å²) in [6, 6.07) is 4.43. The van der Waals surface area contributed by atoms with E-state index in [1.54, 1.807) is 12.1 Å². The molecule has 2 N–H and O–H groups in total. The molecular weight excluding hydrogens is 484 g/mol. The van der Waals surface area contributed by atoms with Gasteiger partial charge in [-0.3, -0.25) is 4.79 Å². The van der Waals surface area contributed by atoms with Crippen LogP contribution in [0.15, 0.2) is 28.8 Å². The molecule has 4 rings (SSSR count). The van der Waals surface area contributed by atoms with Gasteiger partial charge in [0.25, 0.3) is 11.9 Å². The minimum atomic E-state index is -4.46.